The summed E-state index contributed by atoms with van der Waals surface area (Å²) in [5.41, 5.74) is 2.35. The second-order valence-electron chi connectivity index (χ2n) is 11.7. The molecule has 2 heterocycles. The lowest BCUT2D eigenvalue weighted by Gasteiger charge is -2.33. The van der Waals surface area contributed by atoms with E-state index >= 15 is 0 Å². The predicted octanol–water partition coefficient (Wildman–Crippen LogP) is 4.02. The second kappa shape index (κ2) is 15.2. The maximum atomic E-state index is 12.5. The number of aliphatic hydroxyl groups excluding tert-OH is 1. The minimum Gasteiger partial charge on any atom is -0.493 e. The van der Waals surface area contributed by atoms with Gasteiger partial charge in [0.15, 0.2) is 0 Å². The molecule has 242 valence electrons. The molecule has 0 spiro atoms. The van der Waals surface area contributed by atoms with Crippen molar-refractivity contribution in [3.05, 3.63) is 75.8 Å². The Morgan fingerprint density at radius 2 is 1.80 bits per heavy atom. The molecule has 0 radical (unpaired) electrons. The van der Waals surface area contributed by atoms with Gasteiger partial charge in [-0.05, 0) is 67.6 Å². The number of aromatic hydroxyl groups is 1. The first-order chi connectivity index (χ1) is 20.9. The van der Waals surface area contributed by atoms with Gasteiger partial charge in [0.05, 0.1) is 30.9 Å². The minimum absolute atomic E-state index is 0.407. The van der Waals surface area contributed by atoms with Crippen molar-refractivity contribution in [1.82, 2.24) is 13.9 Å². The first-order valence-electron chi connectivity index (χ1n) is 15.2. The smallest absolute Gasteiger partial charge is 0.349 e. The van der Waals surface area contributed by atoms with Crippen LogP contribution in [0.2, 0.25) is 0 Å². The first kappa shape index (κ1) is 33.7. The predicted molar refractivity (Wildman–Crippen MR) is 168 cm³/mol. The lowest BCUT2D eigenvalue weighted by Crippen LogP contribution is -2.35. The van der Waals surface area contributed by atoms with Crippen LogP contribution in [-0.4, -0.2) is 65.5 Å². The summed E-state index contributed by atoms with van der Waals surface area (Å²) in [5, 5.41) is 24.1. The van der Waals surface area contributed by atoms with E-state index < -0.39 is 33.5 Å². The average Bonchev–Trinajstić information content (AvgIpc) is 3.28. The standard InChI is InChI=1S/C32H45N3O8S/c1-32(2)42-23-26-20-25(14-15-29(26)43-32)28(36)21-33-16-7-5-4-6-8-17-41-18-10-12-24-11-9-13-27(19-24)35-30(37)22-34(31(35)38)44(3,39)40/h9,11,13-15,19-20,22,28,33,36-37H,4-8,10,12,16-18,21,23H2,1-3H3/t28-/m0/s1. The zero-order valence-electron chi connectivity index (χ0n) is 25.8. The van der Waals surface area contributed by atoms with Crippen molar-refractivity contribution in [2.24, 2.45) is 0 Å². The lowest BCUT2D eigenvalue weighted by atomic mass is 10.0. The van der Waals surface area contributed by atoms with E-state index in [2.05, 4.69) is 5.32 Å². The highest BCUT2D eigenvalue weighted by atomic mass is 32.2. The van der Waals surface area contributed by atoms with Gasteiger partial charge in [-0.3, -0.25) is 0 Å². The lowest BCUT2D eigenvalue weighted by molar-refractivity contribution is -0.180. The number of hydrogen-bond acceptors (Lipinski definition) is 9. The molecule has 44 heavy (non-hydrogen) atoms. The number of aryl methyl sites for hydroxylation is 1. The van der Waals surface area contributed by atoms with Gasteiger partial charge in [-0.1, -0.05) is 37.5 Å². The van der Waals surface area contributed by atoms with Gasteiger partial charge in [-0.2, -0.15) is 3.97 Å². The van der Waals surface area contributed by atoms with Crippen molar-refractivity contribution < 1.29 is 32.8 Å². The van der Waals surface area contributed by atoms with Gasteiger partial charge in [-0.25, -0.2) is 17.8 Å². The van der Waals surface area contributed by atoms with Crippen LogP contribution >= 0.6 is 0 Å². The van der Waals surface area contributed by atoms with Crippen LogP contribution in [0.5, 0.6) is 11.6 Å². The molecule has 3 aromatic rings. The van der Waals surface area contributed by atoms with E-state index in [-0.39, 0.29) is 0 Å². The number of ether oxygens (including phenoxy) is 3. The Morgan fingerprint density at radius 1 is 1.05 bits per heavy atom. The van der Waals surface area contributed by atoms with Crippen molar-refractivity contribution in [2.75, 3.05) is 32.6 Å². The van der Waals surface area contributed by atoms with E-state index in [0.29, 0.717) is 36.0 Å². The molecule has 0 saturated carbocycles. The number of aliphatic hydroxyl groups is 1. The van der Waals surface area contributed by atoms with E-state index in [0.717, 1.165) is 91.0 Å². The highest BCUT2D eigenvalue weighted by Crippen LogP contribution is 2.32. The SMILES string of the molecule is CC1(C)OCc2cc([C@@H](O)CNCCCCCCCOCCCc3cccc(-n4c(O)cn(S(C)(=O)=O)c4=O)c3)ccc2O1. The van der Waals surface area contributed by atoms with Crippen LogP contribution in [0.4, 0.5) is 0 Å². The van der Waals surface area contributed by atoms with E-state index in [1.807, 2.05) is 38.1 Å². The Labute approximate surface area is 259 Å². The van der Waals surface area contributed by atoms with Gasteiger partial charge in [0, 0.05) is 39.2 Å². The van der Waals surface area contributed by atoms with Crippen LogP contribution in [0.1, 0.15) is 75.2 Å². The third-order valence-corrected chi connectivity index (χ3v) is 8.48. The molecule has 1 atom stereocenters. The quantitative estimate of drug-likeness (QED) is 0.188. The number of unbranched alkanes of at least 4 members (excludes halogenated alkanes) is 4. The van der Waals surface area contributed by atoms with E-state index in [4.69, 9.17) is 14.2 Å². The number of benzene rings is 2. The number of nitrogens with zero attached hydrogens (tertiary/aromatic N) is 2. The van der Waals surface area contributed by atoms with Crippen LogP contribution in [0.15, 0.2) is 53.5 Å². The van der Waals surface area contributed by atoms with Crippen LogP contribution in [0.25, 0.3) is 5.69 Å². The van der Waals surface area contributed by atoms with Gasteiger partial charge >= 0.3 is 5.69 Å². The van der Waals surface area contributed by atoms with Gasteiger partial charge in [0.1, 0.15) is 5.75 Å². The molecule has 1 aliphatic heterocycles. The molecule has 0 fully saturated rings. The van der Waals surface area contributed by atoms with Crippen molar-refractivity contribution in [3.8, 4) is 17.3 Å². The highest BCUT2D eigenvalue weighted by Gasteiger charge is 2.27. The van der Waals surface area contributed by atoms with Crippen LogP contribution < -0.4 is 15.7 Å². The summed E-state index contributed by atoms with van der Waals surface area (Å²) >= 11 is 0. The maximum absolute atomic E-state index is 12.5. The molecule has 4 rings (SSSR count). The van der Waals surface area contributed by atoms with E-state index in [1.54, 1.807) is 18.2 Å². The van der Waals surface area contributed by atoms with E-state index in [9.17, 15) is 23.4 Å². The zero-order chi connectivity index (χ0) is 31.7. The van der Waals surface area contributed by atoms with Crippen molar-refractivity contribution in [3.63, 3.8) is 0 Å². The number of hydrogen-bond donors (Lipinski definition) is 3. The topological polar surface area (TPSA) is 141 Å². The molecule has 1 aliphatic rings. The molecular weight excluding hydrogens is 586 g/mol. The summed E-state index contributed by atoms with van der Waals surface area (Å²) in [6.07, 6.45) is 8.18. The summed E-state index contributed by atoms with van der Waals surface area (Å²) in [6.45, 7) is 6.93. The number of rotatable bonds is 17. The average molecular weight is 632 g/mol. The fourth-order valence-corrected chi connectivity index (χ4v) is 5.78. The summed E-state index contributed by atoms with van der Waals surface area (Å²) in [7, 11) is -3.81. The van der Waals surface area contributed by atoms with Crippen molar-refractivity contribution in [2.45, 2.75) is 77.3 Å². The fraction of sp³-hybridized carbons (Fsp3) is 0.531. The van der Waals surface area contributed by atoms with Gasteiger partial charge in [-0.15, -0.1) is 0 Å². The Balaban J connectivity index is 1.03. The third kappa shape index (κ3) is 9.42. The largest absolute Gasteiger partial charge is 0.493 e. The maximum Gasteiger partial charge on any atom is 0.349 e. The zero-order valence-corrected chi connectivity index (χ0v) is 26.6. The molecule has 2 aromatic carbocycles. The molecule has 12 heteroatoms. The summed E-state index contributed by atoms with van der Waals surface area (Å²) in [5.74, 6) is -0.257. The number of fused-ring (bicyclic) bond motifs is 1. The van der Waals surface area contributed by atoms with Gasteiger partial charge in [0.25, 0.3) is 0 Å². The van der Waals surface area contributed by atoms with Gasteiger partial charge < -0.3 is 29.7 Å². The third-order valence-electron chi connectivity index (χ3n) is 7.50. The molecule has 0 amide bonds. The molecule has 1 aromatic heterocycles. The second-order valence-corrected chi connectivity index (χ2v) is 13.6. The van der Waals surface area contributed by atoms with Crippen LogP contribution in [0.3, 0.4) is 0 Å². The highest BCUT2D eigenvalue weighted by molar-refractivity contribution is 7.89. The molecule has 3 N–H and O–H groups in total. The fourth-order valence-electron chi connectivity index (χ4n) is 5.13. The molecule has 0 saturated heterocycles. The Bertz CT molecular complexity index is 1550. The van der Waals surface area contributed by atoms with Crippen molar-refractivity contribution >= 4 is 10.0 Å². The summed E-state index contributed by atoms with van der Waals surface area (Å²) in [6, 6.07) is 12.9. The normalized spacial score (nSPS) is 15.1. The van der Waals surface area contributed by atoms with Crippen LogP contribution in [0, 0.1) is 0 Å². The molecule has 11 nitrogen and oxygen atoms in total. The van der Waals surface area contributed by atoms with Crippen LogP contribution in [-0.2, 0) is 32.5 Å². The first-order valence-corrected chi connectivity index (χ1v) is 17.0. The minimum atomic E-state index is -3.81. The molecule has 0 bridgehead atoms. The van der Waals surface area contributed by atoms with Crippen molar-refractivity contribution in [1.29, 1.82) is 0 Å². The number of aromatic nitrogens is 2. The molecule has 0 unspecified atom stereocenters. The monoisotopic (exact) mass is 631 g/mol. The molecular formula is C32H45N3O8S. The number of imidazole rings is 1. The Morgan fingerprint density at radius 3 is 2.57 bits per heavy atom. The molecule has 0 aliphatic carbocycles. The summed E-state index contributed by atoms with van der Waals surface area (Å²) in [4.78, 5) is 12.5. The number of nitrogens with one attached hydrogen (secondary N) is 1. The summed E-state index contributed by atoms with van der Waals surface area (Å²) < 4.78 is 42.3. The Hall–Kier alpha value is -3.16. The van der Waals surface area contributed by atoms with Gasteiger partial charge in [0.2, 0.25) is 21.7 Å². The van der Waals surface area contributed by atoms with E-state index in [1.165, 1.54) is 0 Å². The Kier molecular flexibility index (Phi) is 11.7.